The average Bonchev–Trinajstić information content (AvgIpc) is 2.73. The minimum atomic E-state index is 0.276. The lowest BCUT2D eigenvalue weighted by molar-refractivity contribution is -0.128. The van der Waals surface area contributed by atoms with Crippen molar-refractivity contribution in [2.45, 2.75) is 26.2 Å². The Balaban J connectivity index is 1.74. The van der Waals surface area contributed by atoms with Gasteiger partial charge in [0.05, 0.1) is 6.54 Å². The number of rotatable bonds is 6. The van der Waals surface area contributed by atoms with E-state index in [-0.39, 0.29) is 5.91 Å². The fraction of sp³-hybridized carbons (Fsp3) is 0.533. The number of carbonyl (C=O) groups is 1. The Hall–Kier alpha value is -1.03. The van der Waals surface area contributed by atoms with Crippen molar-refractivity contribution in [1.29, 1.82) is 0 Å². The summed E-state index contributed by atoms with van der Waals surface area (Å²) in [5, 5.41) is 0. The van der Waals surface area contributed by atoms with E-state index in [0.717, 1.165) is 29.6 Å². The quantitative estimate of drug-likeness (QED) is 0.801. The van der Waals surface area contributed by atoms with Gasteiger partial charge in [-0.1, -0.05) is 29.3 Å². The molecule has 1 amide bonds. The first-order valence-electron chi connectivity index (χ1n) is 6.85. The van der Waals surface area contributed by atoms with Crippen molar-refractivity contribution < 1.29 is 9.53 Å². The van der Waals surface area contributed by atoms with Crippen molar-refractivity contribution in [1.82, 2.24) is 4.90 Å². The molecule has 0 N–H and O–H groups in total. The van der Waals surface area contributed by atoms with Crippen LogP contribution in [0.3, 0.4) is 0 Å². The molecule has 1 fully saturated rings. The highest BCUT2D eigenvalue weighted by atomic mass is 79.9. The average molecular weight is 326 g/mol. The molecule has 0 spiro atoms. The molecule has 1 aromatic rings. The van der Waals surface area contributed by atoms with Crippen LogP contribution in [0.4, 0.5) is 0 Å². The molecule has 0 bridgehead atoms. The minimum Gasteiger partial charge on any atom is -0.492 e. The summed E-state index contributed by atoms with van der Waals surface area (Å²) in [6, 6.07) is 7.76. The topological polar surface area (TPSA) is 29.5 Å². The fourth-order valence-electron chi connectivity index (χ4n) is 2.48. The normalized spacial score (nSPS) is 18.9. The van der Waals surface area contributed by atoms with Gasteiger partial charge in [-0.2, -0.15) is 0 Å². The van der Waals surface area contributed by atoms with Crippen molar-refractivity contribution >= 4 is 21.8 Å². The maximum atomic E-state index is 11.8. The van der Waals surface area contributed by atoms with E-state index in [9.17, 15) is 4.79 Å². The molecule has 2 rings (SSSR count). The standard InChI is InChI=1S/C15H20BrNO2/c1-2-3-12-10-15(18)17(11-12)8-9-19-14-6-4-13(16)5-7-14/h4-7,12H,2-3,8-11H2,1H3. The number of hydrogen-bond acceptors (Lipinski definition) is 2. The van der Waals surface area contributed by atoms with Gasteiger partial charge in [0.25, 0.3) is 0 Å². The van der Waals surface area contributed by atoms with E-state index in [1.54, 1.807) is 0 Å². The highest BCUT2D eigenvalue weighted by Gasteiger charge is 2.28. The van der Waals surface area contributed by atoms with E-state index in [1.807, 2.05) is 29.2 Å². The van der Waals surface area contributed by atoms with E-state index < -0.39 is 0 Å². The Morgan fingerprint density at radius 1 is 1.37 bits per heavy atom. The molecule has 1 aromatic carbocycles. The highest BCUT2D eigenvalue weighted by Crippen LogP contribution is 2.22. The number of halogens is 1. The molecule has 1 unspecified atom stereocenters. The molecule has 1 aliphatic rings. The largest absolute Gasteiger partial charge is 0.492 e. The van der Waals surface area contributed by atoms with Gasteiger partial charge < -0.3 is 9.64 Å². The number of ether oxygens (including phenoxy) is 1. The van der Waals surface area contributed by atoms with E-state index in [0.29, 0.717) is 25.5 Å². The van der Waals surface area contributed by atoms with Crippen molar-refractivity contribution in [3.05, 3.63) is 28.7 Å². The summed E-state index contributed by atoms with van der Waals surface area (Å²) < 4.78 is 6.69. The third-order valence-corrected chi connectivity index (χ3v) is 3.96. The van der Waals surface area contributed by atoms with Gasteiger partial charge in [0.1, 0.15) is 12.4 Å². The van der Waals surface area contributed by atoms with Crippen molar-refractivity contribution in [3.63, 3.8) is 0 Å². The van der Waals surface area contributed by atoms with E-state index >= 15 is 0 Å². The van der Waals surface area contributed by atoms with E-state index in [4.69, 9.17) is 4.74 Å². The maximum absolute atomic E-state index is 11.8. The summed E-state index contributed by atoms with van der Waals surface area (Å²) >= 11 is 3.39. The highest BCUT2D eigenvalue weighted by molar-refractivity contribution is 9.10. The first-order valence-corrected chi connectivity index (χ1v) is 7.64. The van der Waals surface area contributed by atoms with Crippen LogP contribution in [-0.4, -0.2) is 30.5 Å². The molecule has 0 saturated carbocycles. The van der Waals surface area contributed by atoms with E-state index in [2.05, 4.69) is 22.9 Å². The summed E-state index contributed by atoms with van der Waals surface area (Å²) in [5.74, 6) is 1.67. The Labute approximate surface area is 123 Å². The number of nitrogens with zero attached hydrogens (tertiary/aromatic N) is 1. The van der Waals surface area contributed by atoms with Crippen LogP contribution in [0, 0.1) is 5.92 Å². The van der Waals surface area contributed by atoms with Crippen LogP contribution in [0.1, 0.15) is 26.2 Å². The lowest BCUT2D eigenvalue weighted by Crippen LogP contribution is -2.29. The predicted octanol–water partition coefficient (Wildman–Crippen LogP) is 3.48. The summed E-state index contributed by atoms with van der Waals surface area (Å²) in [4.78, 5) is 13.7. The Kier molecular flexibility index (Phi) is 5.25. The van der Waals surface area contributed by atoms with Gasteiger partial charge in [0.2, 0.25) is 5.91 Å². The monoisotopic (exact) mass is 325 g/mol. The third-order valence-electron chi connectivity index (χ3n) is 3.44. The van der Waals surface area contributed by atoms with Gasteiger partial charge in [-0.25, -0.2) is 0 Å². The van der Waals surface area contributed by atoms with Crippen LogP contribution in [0.2, 0.25) is 0 Å². The van der Waals surface area contributed by atoms with Gasteiger partial charge in [-0.05, 0) is 36.6 Å². The second kappa shape index (κ2) is 6.94. The molecule has 0 aliphatic carbocycles. The molecule has 1 aliphatic heterocycles. The molecule has 1 saturated heterocycles. The minimum absolute atomic E-state index is 0.276. The zero-order valence-corrected chi connectivity index (χ0v) is 12.9. The van der Waals surface area contributed by atoms with Gasteiger partial charge in [-0.3, -0.25) is 4.79 Å². The molecule has 3 nitrogen and oxygen atoms in total. The molecule has 1 heterocycles. The summed E-state index contributed by atoms with van der Waals surface area (Å²) in [6.07, 6.45) is 3.02. The summed E-state index contributed by atoms with van der Waals surface area (Å²) in [6.45, 7) is 4.32. The third kappa shape index (κ3) is 4.23. The SMILES string of the molecule is CCCC1CC(=O)N(CCOc2ccc(Br)cc2)C1. The summed E-state index contributed by atoms with van der Waals surface area (Å²) in [7, 11) is 0. The van der Waals surface area contributed by atoms with Crippen LogP contribution < -0.4 is 4.74 Å². The van der Waals surface area contributed by atoms with Crippen molar-refractivity contribution in [3.8, 4) is 5.75 Å². The number of amides is 1. The van der Waals surface area contributed by atoms with Crippen LogP contribution in [0.25, 0.3) is 0 Å². The maximum Gasteiger partial charge on any atom is 0.223 e. The van der Waals surface area contributed by atoms with Gasteiger partial charge in [0.15, 0.2) is 0 Å². The van der Waals surface area contributed by atoms with Crippen LogP contribution in [-0.2, 0) is 4.79 Å². The van der Waals surface area contributed by atoms with Gasteiger partial charge in [0, 0.05) is 17.4 Å². The number of benzene rings is 1. The predicted molar refractivity (Wildman–Crippen MR) is 79.2 cm³/mol. The first kappa shape index (κ1) is 14.4. The Morgan fingerprint density at radius 2 is 2.11 bits per heavy atom. The smallest absolute Gasteiger partial charge is 0.223 e. The lowest BCUT2D eigenvalue weighted by atomic mass is 10.0. The Morgan fingerprint density at radius 3 is 2.79 bits per heavy atom. The molecule has 0 aromatic heterocycles. The Bertz CT molecular complexity index is 419. The van der Waals surface area contributed by atoms with Crippen LogP contribution in [0.15, 0.2) is 28.7 Å². The van der Waals surface area contributed by atoms with Crippen LogP contribution in [0.5, 0.6) is 5.75 Å². The van der Waals surface area contributed by atoms with Gasteiger partial charge in [-0.15, -0.1) is 0 Å². The molecule has 19 heavy (non-hydrogen) atoms. The molecular formula is C15H20BrNO2. The van der Waals surface area contributed by atoms with E-state index in [1.165, 1.54) is 0 Å². The fourth-order valence-corrected chi connectivity index (χ4v) is 2.74. The molecule has 0 radical (unpaired) electrons. The first-order chi connectivity index (χ1) is 9.19. The second-order valence-electron chi connectivity index (χ2n) is 5.00. The van der Waals surface area contributed by atoms with Crippen molar-refractivity contribution in [2.24, 2.45) is 5.92 Å². The number of likely N-dealkylation sites (tertiary alicyclic amines) is 1. The van der Waals surface area contributed by atoms with Crippen LogP contribution >= 0.6 is 15.9 Å². The molecule has 104 valence electrons. The van der Waals surface area contributed by atoms with Crippen molar-refractivity contribution in [2.75, 3.05) is 19.7 Å². The molecular weight excluding hydrogens is 306 g/mol. The summed E-state index contributed by atoms with van der Waals surface area (Å²) in [5.41, 5.74) is 0. The zero-order valence-electron chi connectivity index (χ0n) is 11.3. The number of carbonyl (C=O) groups excluding carboxylic acids is 1. The molecule has 4 heteroatoms. The molecule has 1 atom stereocenters. The number of hydrogen-bond donors (Lipinski definition) is 0. The zero-order chi connectivity index (χ0) is 13.7. The second-order valence-corrected chi connectivity index (χ2v) is 5.92. The lowest BCUT2D eigenvalue weighted by Gasteiger charge is -2.17. The van der Waals surface area contributed by atoms with Gasteiger partial charge >= 0.3 is 0 Å².